The third kappa shape index (κ3) is 14.0. The van der Waals surface area contributed by atoms with E-state index in [0.29, 0.717) is 20.3 Å². The zero-order valence-corrected chi connectivity index (χ0v) is 47.6. The largest absolute Gasteiger partial charge is 0.472 e. The van der Waals surface area contributed by atoms with Crippen molar-refractivity contribution in [2.75, 3.05) is 51.1 Å². The average Bonchev–Trinajstić information content (AvgIpc) is 1.77. The van der Waals surface area contributed by atoms with E-state index in [1.165, 1.54) is 17.2 Å². The zero-order chi connectivity index (χ0) is 64.2. The summed E-state index contributed by atoms with van der Waals surface area (Å²) in [5, 5.41) is 82.8. The van der Waals surface area contributed by atoms with E-state index in [1.54, 1.807) is 0 Å². The number of ether oxygens (including phenoxy) is 5. The molecule has 3 unspecified atom stereocenters. The fraction of sp³-hybridized carbons (Fsp3) is 0.571. The van der Waals surface area contributed by atoms with Crippen molar-refractivity contribution in [3.63, 3.8) is 0 Å². The maximum atomic E-state index is 13.8. The number of nitrogens with one attached hydrogen (secondary N) is 3. The second-order valence-electron chi connectivity index (χ2n) is 20.0. The minimum atomic E-state index is -5.70. The van der Waals surface area contributed by atoms with Gasteiger partial charge in [-0.15, -0.1) is 0 Å². The van der Waals surface area contributed by atoms with Crippen LogP contribution in [0.1, 0.15) is 24.9 Å². The lowest BCUT2D eigenvalue weighted by atomic mass is 10.1. The van der Waals surface area contributed by atoms with Crippen molar-refractivity contribution in [1.82, 2.24) is 58.1 Å². The smallest absolute Gasteiger partial charge is 0.394 e. The number of aliphatic hydroxyl groups excluding tert-OH is 8. The van der Waals surface area contributed by atoms with Gasteiger partial charge >= 0.3 is 34.8 Å². The Morgan fingerprint density at radius 2 is 0.989 bits per heavy atom. The van der Waals surface area contributed by atoms with Gasteiger partial charge in [0.25, 0.3) is 16.7 Å². The number of hydrogen-bond donors (Lipinski definition) is 16. The predicted molar refractivity (Wildman–Crippen MR) is 282 cm³/mol. The number of phosphoric acid groups is 3. The molecule has 0 bridgehead atoms. The number of anilines is 2. The van der Waals surface area contributed by atoms with Crippen molar-refractivity contribution in [1.29, 1.82) is 0 Å². The molecule has 11 heterocycles. The van der Waals surface area contributed by atoms with Crippen molar-refractivity contribution in [2.45, 2.75) is 110 Å². The van der Waals surface area contributed by atoms with Gasteiger partial charge in [0.15, 0.2) is 47.5 Å². The van der Waals surface area contributed by atoms with Gasteiger partial charge in [-0.1, -0.05) is 0 Å². The zero-order valence-electron chi connectivity index (χ0n) is 44.9. The third-order valence-electron chi connectivity index (χ3n) is 14.1. The molecule has 0 aliphatic carbocycles. The fourth-order valence-corrected chi connectivity index (χ4v) is 12.7. The molecule has 47 heteroatoms. The van der Waals surface area contributed by atoms with Crippen LogP contribution < -0.4 is 39.5 Å². The first-order valence-corrected chi connectivity index (χ1v) is 30.3. The van der Waals surface area contributed by atoms with E-state index in [2.05, 4.69) is 29.9 Å². The predicted octanol–water partition coefficient (Wildman–Crippen LogP) is -8.14. The van der Waals surface area contributed by atoms with Crippen LogP contribution in [0, 0.1) is 0 Å². The quantitative estimate of drug-likeness (QED) is 0.0316. The molecule has 0 radical (unpaired) electrons. The Balaban J connectivity index is 0.000000438. The molecule has 5 aliphatic rings. The van der Waals surface area contributed by atoms with Crippen LogP contribution in [0.2, 0.25) is 0 Å². The van der Waals surface area contributed by atoms with Gasteiger partial charge in [-0.2, -0.15) is 4.98 Å². The van der Waals surface area contributed by atoms with Crippen LogP contribution >= 0.6 is 23.5 Å². The summed E-state index contributed by atoms with van der Waals surface area (Å²) in [6, 6.07) is 1.73. The number of aliphatic hydroxyl groups is 8. The molecule has 11 rings (SSSR count). The molecule has 5 fully saturated rings. The summed E-state index contributed by atoms with van der Waals surface area (Å²) in [5.41, 5.74) is 6.80. The van der Waals surface area contributed by atoms with Gasteiger partial charge < -0.3 is 90.7 Å². The molecule has 6 aromatic heterocycles. The molecule has 21 atom stereocenters. The maximum Gasteiger partial charge on any atom is 0.472 e. The summed E-state index contributed by atoms with van der Waals surface area (Å²) in [5.74, 6) is -0.172. The molecule has 0 saturated carbocycles. The number of hydrogen-bond acceptors (Lipinski definition) is 34. The molecule has 89 heavy (non-hydrogen) atoms. The summed E-state index contributed by atoms with van der Waals surface area (Å²) in [6.45, 7) is -4.58. The first-order chi connectivity index (χ1) is 42.0. The fourth-order valence-electron chi connectivity index (χ4n) is 9.79. The summed E-state index contributed by atoms with van der Waals surface area (Å²) >= 11 is 0. The van der Waals surface area contributed by atoms with Crippen molar-refractivity contribution >= 4 is 57.6 Å². The van der Waals surface area contributed by atoms with Crippen LogP contribution in [0.15, 0.2) is 67.5 Å². The van der Waals surface area contributed by atoms with Crippen LogP contribution in [-0.4, -0.2) is 239 Å². The van der Waals surface area contributed by atoms with Crippen LogP contribution in [0.4, 0.5) is 11.8 Å². The first kappa shape index (κ1) is 65.6. The third-order valence-corrected chi connectivity index (χ3v) is 17.1. The van der Waals surface area contributed by atoms with Gasteiger partial charge in [0.2, 0.25) is 5.95 Å². The summed E-state index contributed by atoms with van der Waals surface area (Å²) in [6.07, 6.45) is -24.8. The van der Waals surface area contributed by atoms with E-state index in [-0.39, 0.29) is 30.2 Å². The Bertz CT molecular complexity index is 4000. The minimum absolute atomic E-state index is 0.0755. The van der Waals surface area contributed by atoms with Crippen LogP contribution in [0.3, 0.4) is 0 Å². The molecule has 0 amide bonds. The number of nitrogens with zero attached hydrogens (tertiary/aromatic N) is 9. The molecule has 0 aromatic carbocycles. The number of phosphoric ester groups is 3. The molecule has 5 aliphatic heterocycles. The molecular formula is C42H55N14O30P3. The van der Waals surface area contributed by atoms with E-state index >= 15 is 0 Å². The number of nitrogen functional groups attached to an aromatic ring is 2. The number of fused-ring (bicyclic) bond motifs is 2. The Labute approximate surface area is 491 Å². The van der Waals surface area contributed by atoms with Gasteiger partial charge in [0.05, 0.1) is 52.3 Å². The Morgan fingerprint density at radius 1 is 0.539 bits per heavy atom. The molecule has 18 N–H and O–H groups in total. The van der Waals surface area contributed by atoms with Crippen molar-refractivity contribution < 1.29 is 120 Å². The summed E-state index contributed by atoms with van der Waals surface area (Å²) in [4.78, 5) is 119. The van der Waals surface area contributed by atoms with Crippen molar-refractivity contribution in [3.05, 3.63) is 95.5 Å². The molecule has 5 saturated heterocycles. The van der Waals surface area contributed by atoms with Gasteiger partial charge in [0.1, 0.15) is 97.3 Å². The second-order valence-corrected chi connectivity index (χ2v) is 24.2. The lowest BCUT2D eigenvalue weighted by Crippen LogP contribution is -2.39. The van der Waals surface area contributed by atoms with Gasteiger partial charge in [-0.25, -0.2) is 43.2 Å². The minimum Gasteiger partial charge on any atom is -0.394 e. The maximum absolute atomic E-state index is 13.8. The van der Waals surface area contributed by atoms with Crippen LogP contribution in [0.25, 0.3) is 22.3 Å². The lowest BCUT2D eigenvalue weighted by molar-refractivity contribution is -0.0636. The van der Waals surface area contributed by atoms with Crippen LogP contribution in [0.5, 0.6) is 0 Å². The highest BCUT2D eigenvalue weighted by Gasteiger charge is 2.54. The Kier molecular flexibility index (Phi) is 19.3. The normalized spacial score (nSPS) is 33.3. The summed E-state index contributed by atoms with van der Waals surface area (Å²) < 4.78 is 102. The van der Waals surface area contributed by atoms with Crippen molar-refractivity contribution in [2.24, 2.45) is 0 Å². The number of imidazole rings is 2. The second kappa shape index (κ2) is 26.1. The van der Waals surface area contributed by atoms with E-state index in [9.17, 15) is 93.2 Å². The van der Waals surface area contributed by atoms with Gasteiger partial charge in [-0.05, 0) is 0 Å². The number of rotatable bonds is 20. The van der Waals surface area contributed by atoms with Gasteiger partial charge in [0, 0.05) is 24.5 Å². The van der Waals surface area contributed by atoms with Gasteiger partial charge in [-0.3, -0.25) is 74.7 Å². The highest BCUT2D eigenvalue weighted by Crippen LogP contribution is 2.54. The Morgan fingerprint density at radius 3 is 1.46 bits per heavy atom. The molecule has 44 nitrogen and oxygen atoms in total. The number of aromatic nitrogens is 12. The number of nitrogens with two attached hydrogens (primary N) is 2. The number of H-pyrrole nitrogens is 3. The van der Waals surface area contributed by atoms with E-state index < -0.39 is 194 Å². The van der Waals surface area contributed by atoms with Crippen LogP contribution in [-0.2, 0) is 64.5 Å². The van der Waals surface area contributed by atoms with E-state index in [1.807, 2.05) is 9.97 Å². The monoisotopic (exact) mass is 1330 g/mol. The molecular weight excluding hydrogens is 1270 g/mol. The summed E-state index contributed by atoms with van der Waals surface area (Å²) in [7, 11) is -16.6. The highest BCUT2D eigenvalue weighted by molar-refractivity contribution is 7.48. The highest BCUT2D eigenvalue weighted by atomic mass is 31.2. The molecule has 0 spiro atoms. The molecule has 6 aromatic rings. The van der Waals surface area contributed by atoms with E-state index in [4.69, 9.17) is 62.3 Å². The van der Waals surface area contributed by atoms with E-state index in [0.717, 1.165) is 35.4 Å². The lowest BCUT2D eigenvalue weighted by Gasteiger charge is -2.26. The number of aromatic amines is 3. The first-order valence-electron chi connectivity index (χ1n) is 25.9. The Hall–Kier alpha value is -6.33. The SMILES string of the molecule is Nc1nc2c(ncn2[C@@H]2O[C@H](COP(=O)(O)O[C@H]3[C@@H](O)[C@H](n4ccc(=O)[nH]c4=O)O[C@@H]3CO)[C@@H](OP(=O)(O)OC[C@H]3O[C@@H](n4ccc(=O)[nH]c4=O)[C@H](O)[C@@H]3OP(=O)(O)OC[C@H]3OC[C@H](O)[C@@H]3O)[C@H]2O)c(=O)[nH]1.Nc1ncnc2c1ncn2[C@@H]1OC[C@@H](O)[C@H]1O. The standard InChI is InChI=1S/C33H44N9O27P3.C9H11N5O3/c34-31-38-26-18(27(51)39-31)35-10-42(26)30-22(50)25(15(66-30)9-62-71(56,57)67-23-12(5-43)64-28(20(23)48)40-3-1-16(45)36-32(40)52)69-72(58,59)63-8-14-24(21(49)29(65-14)41-4-2-17(46)37-33(41)53)68-70(54,55)61-7-13-19(47)11(44)6-60-13;10-7-5-8(12-2-11-7)14(3-13-5)9-6(16)4(15)1-17-9/h1-4,10-15,19-25,28-30,43-44,47-50H,5-9H2,(H,54,55)(H,56,57)(H,58,59)(H,36,45,52)(H,37,46,53)(H3,34,38,39,51);2-4,6,9,15-16H,1H2,(H2,10,11,12)/t11-,12+,13+,14+,15+,19-,20+,21+,22+,23+,24+,25+,28+,29+,30+;4-,6-,9-/m01/s1. The topological polar surface area (TPSA) is 644 Å². The van der Waals surface area contributed by atoms with Crippen molar-refractivity contribution in [3.8, 4) is 0 Å². The average molecular weight is 1330 g/mol. The molecule has 488 valence electrons.